The predicted octanol–water partition coefficient (Wildman–Crippen LogP) is 2.23. The van der Waals surface area contributed by atoms with Gasteiger partial charge in [-0.15, -0.1) is 0 Å². The smallest absolute Gasteiger partial charge is 0.185 e. The molecule has 0 bridgehead atoms. The monoisotopic (exact) mass is 313 g/mol. The zero-order chi connectivity index (χ0) is 15.1. The van der Waals surface area contributed by atoms with E-state index in [1.807, 2.05) is 18.4 Å². The molecule has 0 saturated carbocycles. The van der Waals surface area contributed by atoms with Crippen LogP contribution in [0.5, 0.6) is 0 Å². The average molecular weight is 313 g/mol. The summed E-state index contributed by atoms with van der Waals surface area (Å²) < 4.78 is 10.4. The molecule has 0 radical (unpaired) electrons. The summed E-state index contributed by atoms with van der Waals surface area (Å²) in [5, 5.41) is 4.55. The van der Waals surface area contributed by atoms with E-state index in [9.17, 15) is 0 Å². The number of aryl methyl sites for hydroxylation is 1. The van der Waals surface area contributed by atoms with Crippen LogP contribution < -0.4 is 10.2 Å². The second kappa shape index (κ2) is 8.68. The first-order chi connectivity index (χ1) is 10.3. The molecule has 5 nitrogen and oxygen atoms in total. The maximum absolute atomic E-state index is 5.24. The van der Waals surface area contributed by atoms with Gasteiger partial charge in [0.2, 0.25) is 0 Å². The van der Waals surface area contributed by atoms with E-state index in [1.54, 1.807) is 14.2 Å². The number of rotatable bonds is 9. The van der Waals surface area contributed by atoms with Crippen LogP contribution in [0.2, 0.25) is 0 Å². The van der Waals surface area contributed by atoms with Crippen LogP contribution in [0, 0.1) is 0 Å². The standard InChI is InChI=1S/C15H27N3O2S/c1-16-12-6-4-7-13-14(12)21-15(17-13)18(9-11-20-3)8-5-10-19-2/h12,16H,4-11H2,1-3H3. The number of hydrogen-bond acceptors (Lipinski definition) is 6. The van der Waals surface area contributed by atoms with Gasteiger partial charge in [0.05, 0.1) is 12.3 Å². The Morgan fingerprint density at radius 2 is 2.10 bits per heavy atom. The van der Waals surface area contributed by atoms with Crippen LogP contribution >= 0.6 is 11.3 Å². The summed E-state index contributed by atoms with van der Waals surface area (Å²) in [4.78, 5) is 8.64. The highest BCUT2D eigenvalue weighted by Gasteiger charge is 2.25. The lowest BCUT2D eigenvalue weighted by molar-refractivity contribution is 0.191. The number of methoxy groups -OCH3 is 2. The second-order valence-corrected chi connectivity index (χ2v) is 6.38. The highest BCUT2D eigenvalue weighted by Crippen LogP contribution is 2.37. The van der Waals surface area contributed by atoms with Gasteiger partial charge in [-0.25, -0.2) is 4.98 Å². The van der Waals surface area contributed by atoms with E-state index in [0.29, 0.717) is 6.04 Å². The Labute approximate surface area is 131 Å². The van der Waals surface area contributed by atoms with Gasteiger partial charge in [-0.1, -0.05) is 11.3 Å². The minimum absolute atomic E-state index is 0.475. The molecule has 0 fully saturated rings. The van der Waals surface area contributed by atoms with Crippen molar-refractivity contribution in [1.82, 2.24) is 10.3 Å². The molecule has 0 spiro atoms. The Morgan fingerprint density at radius 3 is 2.81 bits per heavy atom. The van der Waals surface area contributed by atoms with Gasteiger partial charge < -0.3 is 19.7 Å². The summed E-state index contributed by atoms with van der Waals surface area (Å²) in [6.45, 7) is 3.37. The quantitative estimate of drug-likeness (QED) is 0.708. The molecule has 6 heteroatoms. The molecule has 0 amide bonds. The van der Waals surface area contributed by atoms with E-state index in [2.05, 4.69) is 10.2 Å². The fourth-order valence-electron chi connectivity index (χ4n) is 2.72. The lowest BCUT2D eigenvalue weighted by Crippen LogP contribution is -2.28. The number of thiazole rings is 1. The molecule has 0 aliphatic heterocycles. The minimum Gasteiger partial charge on any atom is -0.385 e. The molecule has 1 aliphatic rings. The molecular formula is C15H27N3O2S. The van der Waals surface area contributed by atoms with Crippen molar-refractivity contribution < 1.29 is 9.47 Å². The van der Waals surface area contributed by atoms with E-state index < -0.39 is 0 Å². The van der Waals surface area contributed by atoms with E-state index in [-0.39, 0.29) is 0 Å². The predicted molar refractivity (Wildman–Crippen MR) is 87.4 cm³/mol. The zero-order valence-electron chi connectivity index (χ0n) is 13.4. The van der Waals surface area contributed by atoms with Crippen LogP contribution in [0.3, 0.4) is 0 Å². The molecule has 2 rings (SSSR count). The molecule has 1 atom stereocenters. The number of aromatic nitrogens is 1. The summed E-state index contributed by atoms with van der Waals surface area (Å²) in [5.74, 6) is 0. The molecular weight excluding hydrogens is 286 g/mol. The van der Waals surface area contributed by atoms with Gasteiger partial charge in [0, 0.05) is 44.8 Å². The van der Waals surface area contributed by atoms with E-state index >= 15 is 0 Å². The van der Waals surface area contributed by atoms with Crippen LogP contribution in [0.15, 0.2) is 0 Å². The third-order valence-electron chi connectivity index (χ3n) is 3.90. The molecule has 1 aliphatic carbocycles. The molecule has 1 N–H and O–H groups in total. The van der Waals surface area contributed by atoms with Crippen LogP contribution in [0.25, 0.3) is 0 Å². The molecule has 1 unspecified atom stereocenters. The maximum Gasteiger partial charge on any atom is 0.185 e. The Kier molecular flexibility index (Phi) is 6.89. The highest BCUT2D eigenvalue weighted by molar-refractivity contribution is 7.15. The number of nitrogens with one attached hydrogen (secondary N) is 1. The normalized spacial score (nSPS) is 17.8. The van der Waals surface area contributed by atoms with Gasteiger partial charge >= 0.3 is 0 Å². The number of nitrogens with zero attached hydrogens (tertiary/aromatic N) is 2. The Balaban J connectivity index is 2.09. The number of fused-ring (bicyclic) bond motifs is 1. The largest absolute Gasteiger partial charge is 0.385 e. The van der Waals surface area contributed by atoms with Gasteiger partial charge in [0.1, 0.15) is 0 Å². The number of anilines is 1. The summed E-state index contributed by atoms with van der Waals surface area (Å²) in [6, 6.07) is 0.475. The SMILES string of the molecule is CNC1CCCc2nc(N(CCCOC)CCOC)sc21. The highest BCUT2D eigenvalue weighted by atomic mass is 32.1. The summed E-state index contributed by atoms with van der Waals surface area (Å²) in [5.41, 5.74) is 1.29. The first-order valence-electron chi connectivity index (χ1n) is 7.69. The van der Waals surface area contributed by atoms with Gasteiger partial charge in [0.15, 0.2) is 5.13 Å². The maximum atomic E-state index is 5.24. The first-order valence-corrected chi connectivity index (χ1v) is 8.51. The molecule has 120 valence electrons. The van der Waals surface area contributed by atoms with Crippen molar-refractivity contribution in [2.45, 2.75) is 31.7 Å². The van der Waals surface area contributed by atoms with Gasteiger partial charge in [-0.3, -0.25) is 0 Å². The third-order valence-corrected chi connectivity index (χ3v) is 5.17. The Hall–Kier alpha value is -0.690. The van der Waals surface area contributed by atoms with Crippen molar-refractivity contribution >= 4 is 16.5 Å². The molecule has 1 aromatic rings. The number of hydrogen-bond donors (Lipinski definition) is 1. The van der Waals surface area contributed by atoms with Crippen molar-refractivity contribution in [1.29, 1.82) is 0 Å². The zero-order valence-corrected chi connectivity index (χ0v) is 14.2. The van der Waals surface area contributed by atoms with E-state index in [4.69, 9.17) is 14.5 Å². The van der Waals surface area contributed by atoms with Crippen molar-refractivity contribution in [2.24, 2.45) is 0 Å². The van der Waals surface area contributed by atoms with Crippen LogP contribution in [0.1, 0.15) is 35.9 Å². The molecule has 21 heavy (non-hydrogen) atoms. The average Bonchev–Trinajstić information content (AvgIpc) is 2.94. The summed E-state index contributed by atoms with van der Waals surface area (Å²) in [6.07, 6.45) is 4.57. The summed E-state index contributed by atoms with van der Waals surface area (Å²) >= 11 is 1.84. The molecule has 1 heterocycles. The van der Waals surface area contributed by atoms with Gasteiger partial charge in [-0.05, 0) is 32.7 Å². The van der Waals surface area contributed by atoms with E-state index in [0.717, 1.165) is 44.3 Å². The third kappa shape index (κ3) is 4.39. The number of ether oxygens (including phenoxy) is 2. The van der Waals surface area contributed by atoms with Crippen LogP contribution in [-0.4, -0.2) is 52.6 Å². The summed E-state index contributed by atoms with van der Waals surface area (Å²) in [7, 11) is 5.54. The van der Waals surface area contributed by atoms with Gasteiger partial charge in [0.25, 0.3) is 0 Å². The Morgan fingerprint density at radius 1 is 1.29 bits per heavy atom. The van der Waals surface area contributed by atoms with Crippen molar-refractivity contribution in [3.63, 3.8) is 0 Å². The van der Waals surface area contributed by atoms with Gasteiger partial charge in [-0.2, -0.15) is 0 Å². The lowest BCUT2D eigenvalue weighted by Gasteiger charge is -2.21. The van der Waals surface area contributed by atoms with Crippen molar-refractivity contribution in [3.05, 3.63) is 10.6 Å². The first kappa shape index (κ1) is 16.7. The van der Waals surface area contributed by atoms with Crippen molar-refractivity contribution in [3.8, 4) is 0 Å². The molecule has 1 aromatic heterocycles. The fraction of sp³-hybridized carbons (Fsp3) is 0.800. The topological polar surface area (TPSA) is 46.6 Å². The van der Waals surface area contributed by atoms with Crippen LogP contribution in [-0.2, 0) is 15.9 Å². The van der Waals surface area contributed by atoms with E-state index in [1.165, 1.54) is 23.4 Å². The fourth-order valence-corrected chi connectivity index (χ4v) is 4.03. The van der Waals surface area contributed by atoms with Crippen LogP contribution in [0.4, 0.5) is 5.13 Å². The molecule has 0 saturated heterocycles. The minimum atomic E-state index is 0.475. The Bertz CT molecular complexity index is 425. The van der Waals surface area contributed by atoms with Crippen molar-refractivity contribution in [2.75, 3.05) is 52.5 Å². The lowest BCUT2D eigenvalue weighted by atomic mass is 9.98. The molecule has 0 aromatic carbocycles. The second-order valence-electron chi connectivity index (χ2n) is 5.37.